The van der Waals surface area contributed by atoms with Crippen LogP contribution in [0.3, 0.4) is 0 Å². The van der Waals surface area contributed by atoms with Gasteiger partial charge in [-0.15, -0.1) is 0 Å². The molecule has 0 amide bonds. The number of hydrogen-bond acceptors (Lipinski definition) is 4. The van der Waals surface area contributed by atoms with Crippen molar-refractivity contribution < 1.29 is 19.3 Å². The van der Waals surface area contributed by atoms with Crippen LogP contribution >= 0.6 is 0 Å². The summed E-state index contributed by atoms with van der Waals surface area (Å²) in [5.74, 6) is 0.565. The number of nitrogens with one attached hydrogen (secondary N) is 1. The lowest BCUT2D eigenvalue weighted by atomic mass is 10.2. The summed E-state index contributed by atoms with van der Waals surface area (Å²) in [6.45, 7) is 8.10. The van der Waals surface area contributed by atoms with Gasteiger partial charge in [0.1, 0.15) is 31.0 Å². The summed E-state index contributed by atoms with van der Waals surface area (Å²) < 4.78 is 11.3. The topological polar surface area (TPSA) is 66.0 Å². The fourth-order valence-corrected chi connectivity index (χ4v) is 2.95. The van der Waals surface area contributed by atoms with Crippen molar-refractivity contribution in [3.63, 3.8) is 0 Å². The molecule has 0 spiro atoms. The molecule has 1 aromatic carbocycles. The molecule has 1 heterocycles. The molecule has 22 heavy (non-hydrogen) atoms. The van der Waals surface area contributed by atoms with Gasteiger partial charge >= 0.3 is 0 Å². The van der Waals surface area contributed by atoms with Gasteiger partial charge in [-0.1, -0.05) is 6.07 Å². The maximum Gasteiger partial charge on any atom is 0.273 e. The molecule has 6 nitrogen and oxygen atoms in total. The summed E-state index contributed by atoms with van der Waals surface area (Å²) in [6, 6.07) is 6.34. The van der Waals surface area contributed by atoms with Gasteiger partial charge in [-0.2, -0.15) is 0 Å². The Morgan fingerprint density at radius 3 is 2.73 bits per heavy atom. The molecule has 0 radical (unpaired) electrons. The summed E-state index contributed by atoms with van der Waals surface area (Å²) in [5.41, 5.74) is 0.0678. The summed E-state index contributed by atoms with van der Waals surface area (Å²) in [6.07, 6.45) is 2.71. The van der Waals surface area contributed by atoms with Gasteiger partial charge in [-0.25, -0.2) is 0 Å². The fourth-order valence-electron chi connectivity index (χ4n) is 2.95. The molecule has 1 fully saturated rings. The summed E-state index contributed by atoms with van der Waals surface area (Å²) in [4.78, 5) is 11.9. The average Bonchev–Trinajstić information content (AvgIpc) is 2.46. The van der Waals surface area contributed by atoms with Crippen molar-refractivity contribution in [2.45, 2.75) is 38.9 Å². The highest BCUT2D eigenvalue weighted by atomic mass is 16.6. The molecule has 1 unspecified atom stereocenters. The molecule has 1 aromatic rings. The van der Waals surface area contributed by atoms with Crippen molar-refractivity contribution >= 4 is 5.69 Å². The zero-order chi connectivity index (χ0) is 15.9. The number of benzene rings is 1. The zero-order valence-electron chi connectivity index (χ0n) is 13.3. The van der Waals surface area contributed by atoms with Crippen LogP contribution in [0.2, 0.25) is 0 Å². The van der Waals surface area contributed by atoms with E-state index in [0.717, 1.165) is 32.5 Å². The number of non-ortho nitro benzene ring substituents is 1. The molecule has 1 aliphatic rings. The van der Waals surface area contributed by atoms with Gasteiger partial charge in [0.25, 0.3) is 5.69 Å². The Labute approximate surface area is 131 Å². The van der Waals surface area contributed by atoms with Gasteiger partial charge in [0.15, 0.2) is 0 Å². The zero-order valence-corrected chi connectivity index (χ0v) is 13.3. The number of rotatable bonds is 7. The molecule has 2 rings (SSSR count). The first-order valence-electron chi connectivity index (χ1n) is 7.91. The third-order valence-electron chi connectivity index (χ3n) is 3.84. The van der Waals surface area contributed by atoms with E-state index < -0.39 is 4.92 Å². The molecule has 1 N–H and O–H groups in total. The smallest absolute Gasteiger partial charge is 0.273 e. The number of hydrogen-bond donors (Lipinski definition) is 1. The van der Waals surface area contributed by atoms with Crippen LogP contribution in [-0.4, -0.2) is 43.4 Å². The van der Waals surface area contributed by atoms with E-state index in [1.54, 1.807) is 17.0 Å². The number of ether oxygens (including phenoxy) is 2. The molecule has 0 aromatic heterocycles. The first-order chi connectivity index (χ1) is 10.5. The standard InChI is InChI=1S/C16H24N2O4/c1-13-11-17(12-14(2)22-13)8-3-4-9-21-16-7-5-6-15(10-16)18(19)20/h5-7,10,13-14H,3-4,8-9,11-12H2,1-2H3/p+1/t13-,14+. The molecule has 1 saturated heterocycles. The number of nitrogens with zero attached hydrogens (tertiary/aromatic N) is 1. The predicted molar refractivity (Wildman–Crippen MR) is 83.4 cm³/mol. The lowest BCUT2D eigenvalue weighted by Gasteiger charge is -2.32. The van der Waals surface area contributed by atoms with Gasteiger partial charge in [-0.3, -0.25) is 10.1 Å². The van der Waals surface area contributed by atoms with Crippen molar-refractivity contribution in [1.29, 1.82) is 0 Å². The Hall–Kier alpha value is -1.66. The highest BCUT2D eigenvalue weighted by Crippen LogP contribution is 2.19. The van der Waals surface area contributed by atoms with Crippen LogP contribution in [0, 0.1) is 10.1 Å². The van der Waals surface area contributed by atoms with Crippen molar-refractivity contribution in [3.8, 4) is 5.75 Å². The first-order valence-corrected chi connectivity index (χ1v) is 7.91. The second-order valence-corrected chi connectivity index (χ2v) is 5.98. The maximum absolute atomic E-state index is 10.7. The minimum absolute atomic E-state index is 0.0678. The summed E-state index contributed by atoms with van der Waals surface area (Å²) in [7, 11) is 0. The fraction of sp³-hybridized carbons (Fsp3) is 0.625. The van der Waals surface area contributed by atoms with Crippen LogP contribution < -0.4 is 9.64 Å². The third kappa shape index (κ3) is 5.27. The van der Waals surface area contributed by atoms with Crippen LogP contribution in [0.25, 0.3) is 0 Å². The minimum Gasteiger partial charge on any atom is -0.493 e. The van der Waals surface area contributed by atoms with Crippen LogP contribution in [0.4, 0.5) is 5.69 Å². The van der Waals surface area contributed by atoms with Gasteiger partial charge < -0.3 is 14.4 Å². The van der Waals surface area contributed by atoms with Crippen molar-refractivity contribution in [3.05, 3.63) is 34.4 Å². The lowest BCUT2D eigenvalue weighted by Crippen LogP contribution is -3.15. The largest absolute Gasteiger partial charge is 0.493 e. The molecule has 0 saturated carbocycles. The second kappa shape index (κ2) is 8.10. The first kappa shape index (κ1) is 16.7. The van der Waals surface area contributed by atoms with Gasteiger partial charge in [0.05, 0.1) is 24.1 Å². The number of nitro benzene ring substituents is 1. The van der Waals surface area contributed by atoms with E-state index in [9.17, 15) is 10.1 Å². The normalized spacial score (nSPS) is 24.9. The van der Waals surface area contributed by atoms with Crippen LogP contribution in [0.1, 0.15) is 26.7 Å². The molecule has 0 bridgehead atoms. The van der Waals surface area contributed by atoms with E-state index >= 15 is 0 Å². The van der Waals surface area contributed by atoms with Crippen LogP contribution in [-0.2, 0) is 4.74 Å². The van der Waals surface area contributed by atoms with E-state index in [-0.39, 0.29) is 5.69 Å². The van der Waals surface area contributed by atoms with E-state index in [1.807, 2.05) is 0 Å². The Kier molecular flexibility index (Phi) is 6.15. The predicted octanol–water partition coefficient (Wildman–Crippen LogP) is 1.45. The van der Waals surface area contributed by atoms with Crippen LogP contribution in [0.5, 0.6) is 5.75 Å². The molecule has 0 aliphatic carbocycles. The van der Waals surface area contributed by atoms with E-state index in [0.29, 0.717) is 24.6 Å². The van der Waals surface area contributed by atoms with E-state index in [4.69, 9.17) is 9.47 Å². The average molecular weight is 309 g/mol. The van der Waals surface area contributed by atoms with Gasteiger partial charge in [-0.05, 0) is 32.8 Å². The second-order valence-electron chi connectivity index (χ2n) is 5.98. The molecule has 6 heteroatoms. The van der Waals surface area contributed by atoms with Crippen molar-refractivity contribution in [2.24, 2.45) is 0 Å². The number of nitro groups is 1. The SMILES string of the molecule is C[C@@H]1C[NH+](CCCCOc2cccc([N+](=O)[O-])c2)C[C@H](C)O1. The molecular weight excluding hydrogens is 284 g/mol. The molecule has 3 atom stereocenters. The van der Waals surface area contributed by atoms with Crippen molar-refractivity contribution in [1.82, 2.24) is 0 Å². The Balaban J connectivity index is 1.65. The quantitative estimate of drug-likeness (QED) is 0.470. The Bertz CT molecular complexity index is 485. The maximum atomic E-state index is 10.7. The Morgan fingerprint density at radius 1 is 1.32 bits per heavy atom. The highest BCUT2D eigenvalue weighted by molar-refractivity contribution is 5.37. The highest BCUT2D eigenvalue weighted by Gasteiger charge is 2.24. The van der Waals surface area contributed by atoms with Gasteiger partial charge in [0, 0.05) is 6.07 Å². The van der Waals surface area contributed by atoms with E-state index in [2.05, 4.69) is 13.8 Å². The number of morpholine rings is 1. The Morgan fingerprint density at radius 2 is 2.05 bits per heavy atom. The monoisotopic (exact) mass is 309 g/mol. The molecule has 122 valence electrons. The van der Waals surface area contributed by atoms with Crippen molar-refractivity contribution in [2.75, 3.05) is 26.2 Å². The molecular formula is C16H25N2O4+. The third-order valence-corrected chi connectivity index (χ3v) is 3.84. The summed E-state index contributed by atoms with van der Waals surface area (Å²) in [5, 5.41) is 10.7. The summed E-state index contributed by atoms with van der Waals surface area (Å²) >= 11 is 0. The lowest BCUT2D eigenvalue weighted by molar-refractivity contribution is -0.915. The van der Waals surface area contributed by atoms with Crippen LogP contribution in [0.15, 0.2) is 24.3 Å². The van der Waals surface area contributed by atoms with Gasteiger partial charge in [0.2, 0.25) is 0 Å². The molecule has 1 aliphatic heterocycles. The van der Waals surface area contributed by atoms with E-state index in [1.165, 1.54) is 12.1 Å². The minimum atomic E-state index is -0.406. The number of quaternary nitrogens is 1. The number of unbranched alkanes of at least 4 members (excludes halogenated alkanes) is 1.